The molecular formula is C11H19N. The summed E-state index contributed by atoms with van der Waals surface area (Å²) in [7, 11) is 0. The molecule has 3 atom stereocenters. The van der Waals surface area contributed by atoms with Crippen LogP contribution in [0.1, 0.15) is 26.7 Å². The lowest BCUT2D eigenvalue weighted by Crippen LogP contribution is -2.37. The van der Waals surface area contributed by atoms with Gasteiger partial charge < -0.3 is 4.90 Å². The van der Waals surface area contributed by atoms with Crippen LogP contribution in [0.4, 0.5) is 0 Å². The topological polar surface area (TPSA) is 3.24 Å². The van der Waals surface area contributed by atoms with Gasteiger partial charge in [-0.15, -0.1) is 0 Å². The molecule has 0 aromatic carbocycles. The van der Waals surface area contributed by atoms with E-state index >= 15 is 0 Å². The summed E-state index contributed by atoms with van der Waals surface area (Å²) in [6.07, 6.45) is 7.71. The van der Waals surface area contributed by atoms with Gasteiger partial charge in [-0.3, -0.25) is 0 Å². The van der Waals surface area contributed by atoms with Crippen LogP contribution in [0.3, 0.4) is 0 Å². The monoisotopic (exact) mass is 165 g/mol. The first-order chi connectivity index (χ1) is 5.85. The Balaban J connectivity index is 2.01. The Kier molecular flexibility index (Phi) is 2.22. The molecular weight excluding hydrogens is 146 g/mol. The maximum Gasteiger partial charge on any atom is 0.0164 e. The molecule has 0 N–H and O–H groups in total. The summed E-state index contributed by atoms with van der Waals surface area (Å²) in [6.45, 7) is 6.99. The molecule has 2 aliphatic carbocycles. The Bertz CT molecular complexity index is 181. The fraction of sp³-hybridized carbons (Fsp3) is 0.818. The molecule has 0 heterocycles. The van der Waals surface area contributed by atoms with Gasteiger partial charge in [0.1, 0.15) is 0 Å². The van der Waals surface area contributed by atoms with Crippen molar-refractivity contribution < 1.29 is 0 Å². The highest BCUT2D eigenvalue weighted by molar-refractivity contribution is 5.12. The van der Waals surface area contributed by atoms with Gasteiger partial charge in [-0.25, -0.2) is 0 Å². The summed E-state index contributed by atoms with van der Waals surface area (Å²) in [5.41, 5.74) is 0. The molecule has 0 aromatic rings. The molecule has 1 saturated carbocycles. The number of hydrogen-bond acceptors (Lipinski definition) is 1. The van der Waals surface area contributed by atoms with Gasteiger partial charge in [0, 0.05) is 6.04 Å². The van der Waals surface area contributed by atoms with Gasteiger partial charge in [0.15, 0.2) is 0 Å². The standard InChI is InChI=1S/C11H19N/c1-3-12(4-2)11-8-9-5-6-10(11)7-9/h5-6,9-11H,3-4,7-8H2,1-2H3. The lowest BCUT2D eigenvalue weighted by Gasteiger charge is -2.30. The highest BCUT2D eigenvalue weighted by Gasteiger charge is 2.37. The van der Waals surface area contributed by atoms with Crippen molar-refractivity contribution >= 4 is 0 Å². The van der Waals surface area contributed by atoms with Crippen LogP contribution >= 0.6 is 0 Å². The molecule has 1 heteroatoms. The van der Waals surface area contributed by atoms with Crippen LogP contribution in [0.15, 0.2) is 12.2 Å². The fourth-order valence-corrected chi connectivity index (χ4v) is 2.86. The maximum atomic E-state index is 2.62. The Morgan fingerprint density at radius 2 is 1.92 bits per heavy atom. The lowest BCUT2D eigenvalue weighted by atomic mass is 10.00. The largest absolute Gasteiger partial charge is 0.300 e. The second-order valence-electron chi connectivity index (χ2n) is 4.07. The summed E-state index contributed by atoms with van der Waals surface area (Å²) in [6, 6.07) is 0.870. The molecule has 0 radical (unpaired) electrons. The van der Waals surface area contributed by atoms with E-state index in [0.717, 1.165) is 17.9 Å². The minimum absolute atomic E-state index is 0.870. The average molecular weight is 165 g/mol. The first kappa shape index (κ1) is 8.31. The number of allylic oxidation sites excluding steroid dienone is 1. The number of hydrogen-bond donors (Lipinski definition) is 0. The van der Waals surface area contributed by atoms with Crippen molar-refractivity contribution in [2.24, 2.45) is 11.8 Å². The summed E-state index contributed by atoms with van der Waals surface area (Å²) >= 11 is 0. The molecule has 12 heavy (non-hydrogen) atoms. The normalized spacial score (nSPS) is 38.4. The van der Waals surface area contributed by atoms with E-state index in [1.165, 1.54) is 25.9 Å². The second-order valence-corrected chi connectivity index (χ2v) is 4.07. The number of nitrogens with zero attached hydrogens (tertiary/aromatic N) is 1. The second kappa shape index (κ2) is 3.21. The predicted octanol–water partition coefficient (Wildman–Crippen LogP) is 2.29. The van der Waals surface area contributed by atoms with Crippen LogP contribution < -0.4 is 0 Å². The van der Waals surface area contributed by atoms with E-state index in [1.54, 1.807) is 0 Å². The molecule has 0 aromatic heterocycles. The minimum atomic E-state index is 0.870. The summed E-state index contributed by atoms with van der Waals surface area (Å²) in [4.78, 5) is 2.62. The maximum absolute atomic E-state index is 2.62. The van der Waals surface area contributed by atoms with Gasteiger partial charge in [-0.2, -0.15) is 0 Å². The Morgan fingerprint density at radius 1 is 1.17 bits per heavy atom. The summed E-state index contributed by atoms with van der Waals surface area (Å²) in [5.74, 6) is 1.80. The zero-order chi connectivity index (χ0) is 8.55. The SMILES string of the molecule is CCN(CC)C1CC2C=CC1C2. The number of rotatable bonds is 3. The third-order valence-corrected chi connectivity index (χ3v) is 3.53. The van der Waals surface area contributed by atoms with E-state index in [9.17, 15) is 0 Å². The van der Waals surface area contributed by atoms with E-state index in [1.807, 2.05) is 0 Å². The van der Waals surface area contributed by atoms with Crippen molar-refractivity contribution in [2.45, 2.75) is 32.7 Å². The molecule has 1 nitrogen and oxygen atoms in total. The van der Waals surface area contributed by atoms with E-state index in [2.05, 4.69) is 30.9 Å². The quantitative estimate of drug-likeness (QED) is 0.580. The van der Waals surface area contributed by atoms with Crippen LogP contribution in [0, 0.1) is 11.8 Å². The molecule has 0 spiro atoms. The van der Waals surface area contributed by atoms with Gasteiger partial charge in [-0.1, -0.05) is 26.0 Å². The zero-order valence-corrected chi connectivity index (χ0v) is 8.16. The van der Waals surface area contributed by atoms with Crippen molar-refractivity contribution in [1.82, 2.24) is 4.90 Å². The first-order valence-electron chi connectivity index (χ1n) is 5.27. The summed E-state index contributed by atoms with van der Waals surface area (Å²) in [5, 5.41) is 0. The van der Waals surface area contributed by atoms with Crippen LogP contribution in [0.2, 0.25) is 0 Å². The van der Waals surface area contributed by atoms with Crippen LogP contribution in [0.25, 0.3) is 0 Å². The molecule has 68 valence electrons. The van der Waals surface area contributed by atoms with Crippen LogP contribution in [-0.4, -0.2) is 24.0 Å². The van der Waals surface area contributed by atoms with Gasteiger partial charge in [0.2, 0.25) is 0 Å². The summed E-state index contributed by atoms with van der Waals surface area (Å²) < 4.78 is 0. The van der Waals surface area contributed by atoms with Crippen molar-refractivity contribution in [1.29, 1.82) is 0 Å². The van der Waals surface area contributed by atoms with Crippen molar-refractivity contribution in [3.63, 3.8) is 0 Å². The van der Waals surface area contributed by atoms with E-state index in [0.29, 0.717) is 0 Å². The molecule has 0 aliphatic heterocycles. The smallest absolute Gasteiger partial charge is 0.0164 e. The Hall–Kier alpha value is -0.300. The van der Waals surface area contributed by atoms with Crippen LogP contribution in [0.5, 0.6) is 0 Å². The third-order valence-electron chi connectivity index (χ3n) is 3.53. The lowest BCUT2D eigenvalue weighted by molar-refractivity contribution is 0.190. The molecule has 2 bridgehead atoms. The van der Waals surface area contributed by atoms with Gasteiger partial charge in [0.05, 0.1) is 0 Å². The van der Waals surface area contributed by atoms with Gasteiger partial charge in [0.25, 0.3) is 0 Å². The molecule has 3 unspecified atom stereocenters. The van der Waals surface area contributed by atoms with Gasteiger partial charge >= 0.3 is 0 Å². The average Bonchev–Trinajstić information content (AvgIpc) is 2.67. The highest BCUT2D eigenvalue weighted by atomic mass is 15.2. The Labute approximate surface area is 75.4 Å². The molecule has 2 aliphatic rings. The fourth-order valence-electron chi connectivity index (χ4n) is 2.86. The third kappa shape index (κ3) is 1.20. The van der Waals surface area contributed by atoms with Crippen molar-refractivity contribution in [2.75, 3.05) is 13.1 Å². The minimum Gasteiger partial charge on any atom is -0.300 e. The molecule has 0 saturated heterocycles. The molecule has 0 amide bonds. The zero-order valence-electron chi connectivity index (χ0n) is 8.16. The number of fused-ring (bicyclic) bond motifs is 2. The van der Waals surface area contributed by atoms with E-state index in [4.69, 9.17) is 0 Å². The van der Waals surface area contributed by atoms with Crippen molar-refractivity contribution in [3.05, 3.63) is 12.2 Å². The van der Waals surface area contributed by atoms with Crippen molar-refractivity contribution in [3.8, 4) is 0 Å². The van der Waals surface area contributed by atoms with E-state index < -0.39 is 0 Å². The molecule has 2 rings (SSSR count). The van der Waals surface area contributed by atoms with Crippen LogP contribution in [-0.2, 0) is 0 Å². The van der Waals surface area contributed by atoms with E-state index in [-0.39, 0.29) is 0 Å². The highest BCUT2D eigenvalue weighted by Crippen LogP contribution is 2.41. The Morgan fingerprint density at radius 3 is 2.33 bits per heavy atom. The molecule has 1 fully saturated rings. The first-order valence-corrected chi connectivity index (χ1v) is 5.27. The predicted molar refractivity (Wildman–Crippen MR) is 52.1 cm³/mol. The van der Waals surface area contributed by atoms with Gasteiger partial charge in [-0.05, 0) is 37.8 Å².